The molecule has 0 heterocycles. The van der Waals surface area contributed by atoms with E-state index in [2.05, 4.69) is 11.4 Å². The lowest BCUT2D eigenvalue weighted by atomic mass is 9.87. The smallest absolute Gasteiger partial charge is 0.124 e. The third kappa shape index (κ3) is 3.97. The molecular formula is C17H27NO2. The molecule has 1 aromatic carbocycles. The van der Waals surface area contributed by atoms with Crippen LogP contribution in [0.15, 0.2) is 24.3 Å². The van der Waals surface area contributed by atoms with Crippen molar-refractivity contribution in [3.63, 3.8) is 0 Å². The van der Waals surface area contributed by atoms with Gasteiger partial charge in [0, 0.05) is 30.7 Å². The van der Waals surface area contributed by atoms with Gasteiger partial charge in [-0.1, -0.05) is 31.0 Å². The molecule has 0 bridgehead atoms. The number of hydrogen-bond donors (Lipinski definition) is 2. The molecule has 1 aromatic rings. The molecule has 0 unspecified atom stereocenters. The monoisotopic (exact) mass is 277 g/mol. The zero-order valence-electron chi connectivity index (χ0n) is 12.7. The van der Waals surface area contributed by atoms with Gasteiger partial charge >= 0.3 is 0 Å². The van der Waals surface area contributed by atoms with Crippen molar-refractivity contribution < 1.29 is 9.84 Å². The van der Waals surface area contributed by atoms with E-state index in [4.69, 9.17) is 4.74 Å². The van der Waals surface area contributed by atoms with Gasteiger partial charge in [-0.3, -0.25) is 0 Å². The summed E-state index contributed by atoms with van der Waals surface area (Å²) in [6.07, 6.45) is 4.96. The van der Waals surface area contributed by atoms with E-state index in [-0.39, 0.29) is 11.5 Å². The summed E-state index contributed by atoms with van der Waals surface area (Å²) in [7, 11) is 0. The van der Waals surface area contributed by atoms with Crippen molar-refractivity contribution in [2.45, 2.75) is 52.2 Å². The molecule has 3 heteroatoms. The lowest BCUT2D eigenvalue weighted by Crippen LogP contribution is -2.34. The summed E-state index contributed by atoms with van der Waals surface area (Å²) in [6, 6.07) is 8.17. The van der Waals surface area contributed by atoms with Crippen LogP contribution < -0.4 is 10.1 Å². The van der Waals surface area contributed by atoms with E-state index in [9.17, 15) is 5.11 Å². The van der Waals surface area contributed by atoms with E-state index in [0.29, 0.717) is 6.61 Å². The van der Waals surface area contributed by atoms with Crippen LogP contribution in [0.4, 0.5) is 0 Å². The number of ether oxygens (including phenoxy) is 1. The number of aliphatic hydroxyl groups is 1. The first-order valence-corrected chi connectivity index (χ1v) is 7.71. The molecule has 0 atom stereocenters. The van der Waals surface area contributed by atoms with Crippen LogP contribution in [-0.2, 0) is 6.54 Å². The second kappa shape index (κ2) is 7.09. The fraction of sp³-hybridized carbons (Fsp3) is 0.647. The molecule has 0 aromatic heterocycles. The van der Waals surface area contributed by atoms with Gasteiger partial charge in [0.2, 0.25) is 0 Å². The van der Waals surface area contributed by atoms with Crippen molar-refractivity contribution in [3.8, 4) is 5.75 Å². The Bertz CT molecular complexity index is 411. The summed E-state index contributed by atoms with van der Waals surface area (Å²) in [5.74, 6) is 0.958. The van der Waals surface area contributed by atoms with E-state index < -0.39 is 0 Å². The zero-order valence-corrected chi connectivity index (χ0v) is 12.7. The number of hydrogen-bond acceptors (Lipinski definition) is 3. The van der Waals surface area contributed by atoms with Gasteiger partial charge in [-0.25, -0.2) is 0 Å². The van der Waals surface area contributed by atoms with Crippen LogP contribution in [0, 0.1) is 5.41 Å². The minimum absolute atomic E-state index is 0.105. The quantitative estimate of drug-likeness (QED) is 0.804. The molecule has 1 aliphatic rings. The van der Waals surface area contributed by atoms with Gasteiger partial charge in [0.05, 0.1) is 6.10 Å². The Morgan fingerprint density at radius 3 is 2.60 bits per heavy atom. The Hall–Kier alpha value is -1.06. The molecular weight excluding hydrogens is 250 g/mol. The van der Waals surface area contributed by atoms with Crippen molar-refractivity contribution in [2.24, 2.45) is 5.41 Å². The third-order valence-electron chi connectivity index (χ3n) is 4.15. The Morgan fingerprint density at radius 1 is 1.25 bits per heavy atom. The molecule has 3 nitrogen and oxygen atoms in total. The second-order valence-corrected chi connectivity index (χ2v) is 6.24. The van der Waals surface area contributed by atoms with Crippen LogP contribution in [-0.4, -0.2) is 24.4 Å². The van der Waals surface area contributed by atoms with E-state index in [1.165, 1.54) is 18.4 Å². The average molecular weight is 277 g/mol. The predicted octanol–water partition coefficient (Wildman–Crippen LogP) is 3.12. The first kappa shape index (κ1) is 15.3. The normalized spacial score (nSPS) is 17.6. The Balaban J connectivity index is 1.90. The number of benzene rings is 1. The van der Waals surface area contributed by atoms with Crippen LogP contribution in [0.2, 0.25) is 0 Å². The topological polar surface area (TPSA) is 41.5 Å². The second-order valence-electron chi connectivity index (χ2n) is 6.24. The average Bonchev–Trinajstić information content (AvgIpc) is 2.89. The van der Waals surface area contributed by atoms with E-state index >= 15 is 0 Å². The van der Waals surface area contributed by atoms with Gasteiger partial charge in [0.1, 0.15) is 5.75 Å². The summed E-state index contributed by atoms with van der Waals surface area (Å²) >= 11 is 0. The molecule has 2 N–H and O–H groups in total. The van der Waals surface area contributed by atoms with Crippen molar-refractivity contribution in [3.05, 3.63) is 29.8 Å². The van der Waals surface area contributed by atoms with Gasteiger partial charge in [-0.2, -0.15) is 0 Å². The molecule has 1 fully saturated rings. The molecule has 0 saturated heterocycles. The maximum Gasteiger partial charge on any atom is 0.124 e. The molecule has 0 spiro atoms. The van der Waals surface area contributed by atoms with Crippen LogP contribution >= 0.6 is 0 Å². The van der Waals surface area contributed by atoms with E-state index in [1.54, 1.807) is 0 Å². The van der Waals surface area contributed by atoms with Crippen molar-refractivity contribution in [1.82, 2.24) is 5.32 Å². The molecule has 2 rings (SSSR count). The predicted molar refractivity (Wildman–Crippen MR) is 81.9 cm³/mol. The van der Waals surface area contributed by atoms with Crippen LogP contribution in [0.3, 0.4) is 0 Å². The van der Waals surface area contributed by atoms with E-state index in [0.717, 1.165) is 31.7 Å². The molecule has 0 aliphatic heterocycles. The first-order chi connectivity index (χ1) is 9.65. The number of aliphatic hydroxyl groups excluding tert-OH is 1. The highest BCUT2D eigenvalue weighted by molar-refractivity contribution is 5.33. The van der Waals surface area contributed by atoms with Gasteiger partial charge in [-0.05, 0) is 32.8 Å². The van der Waals surface area contributed by atoms with Gasteiger partial charge in [-0.15, -0.1) is 0 Å². The molecule has 1 aliphatic carbocycles. The number of para-hydroxylation sites is 1. The maximum atomic E-state index is 9.62. The highest BCUT2D eigenvalue weighted by Gasteiger charge is 2.32. The largest absolute Gasteiger partial charge is 0.491 e. The van der Waals surface area contributed by atoms with Crippen molar-refractivity contribution >= 4 is 0 Å². The van der Waals surface area contributed by atoms with Gasteiger partial charge in [0.15, 0.2) is 0 Å². The first-order valence-electron chi connectivity index (χ1n) is 7.71. The summed E-state index contributed by atoms with van der Waals surface area (Å²) in [5.41, 5.74) is 1.29. The fourth-order valence-electron chi connectivity index (χ4n) is 3.00. The van der Waals surface area contributed by atoms with Crippen LogP contribution in [0.25, 0.3) is 0 Å². The molecule has 112 valence electrons. The Kier molecular flexibility index (Phi) is 5.44. The Morgan fingerprint density at radius 2 is 1.95 bits per heavy atom. The van der Waals surface area contributed by atoms with Crippen LogP contribution in [0.5, 0.6) is 5.75 Å². The number of nitrogens with one attached hydrogen (secondary N) is 1. The molecule has 0 amide bonds. The third-order valence-corrected chi connectivity index (χ3v) is 4.15. The Labute approximate surface area is 122 Å². The van der Waals surface area contributed by atoms with Gasteiger partial charge in [0.25, 0.3) is 0 Å². The van der Waals surface area contributed by atoms with E-state index in [1.807, 2.05) is 32.0 Å². The van der Waals surface area contributed by atoms with Gasteiger partial charge < -0.3 is 15.2 Å². The summed E-state index contributed by atoms with van der Waals surface area (Å²) in [5, 5.41) is 13.1. The summed E-state index contributed by atoms with van der Waals surface area (Å²) < 4.78 is 5.83. The lowest BCUT2D eigenvalue weighted by Gasteiger charge is -2.27. The minimum atomic E-state index is 0.105. The van der Waals surface area contributed by atoms with Crippen molar-refractivity contribution in [2.75, 3.05) is 13.2 Å². The highest BCUT2D eigenvalue weighted by Crippen LogP contribution is 2.37. The van der Waals surface area contributed by atoms with Crippen molar-refractivity contribution in [1.29, 1.82) is 0 Å². The highest BCUT2D eigenvalue weighted by atomic mass is 16.5. The SMILES string of the molecule is CC(C)Oc1ccccc1CNCC1(CO)CCCC1. The lowest BCUT2D eigenvalue weighted by molar-refractivity contribution is 0.128. The summed E-state index contributed by atoms with van der Waals surface area (Å²) in [4.78, 5) is 0. The molecule has 0 radical (unpaired) electrons. The molecule has 20 heavy (non-hydrogen) atoms. The summed E-state index contributed by atoms with van der Waals surface area (Å²) in [6.45, 7) is 6.07. The minimum Gasteiger partial charge on any atom is -0.491 e. The van der Waals surface area contributed by atoms with Crippen LogP contribution in [0.1, 0.15) is 45.1 Å². The standard InChI is InChI=1S/C17H27NO2/c1-14(2)20-16-8-4-3-7-15(16)11-18-12-17(13-19)9-5-6-10-17/h3-4,7-8,14,18-19H,5-6,9-13H2,1-2H3. The fourth-order valence-corrected chi connectivity index (χ4v) is 3.00. The number of rotatable bonds is 7. The zero-order chi connectivity index (χ0) is 14.4. The maximum absolute atomic E-state index is 9.62. The molecule has 1 saturated carbocycles.